The smallest absolute Gasteiger partial charge is 0.271 e. The van der Waals surface area contributed by atoms with E-state index < -0.39 is 14.9 Å². The second-order valence-corrected chi connectivity index (χ2v) is 4.42. The molecule has 4 nitrogen and oxygen atoms in total. The zero-order valence-corrected chi connectivity index (χ0v) is 6.98. The molecule has 1 atom stereocenters. The monoisotopic (exact) mass is 167 g/mol. The lowest BCUT2D eigenvalue weighted by molar-refractivity contribution is 0.428. The molecule has 0 spiro atoms. The molecular formula is C5H13NO3S. The molecule has 0 bridgehead atoms. The summed E-state index contributed by atoms with van der Waals surface area (Å²) in [5, 5.41) is 0. The van der Waals surface area contributed by atoms with Crippen molar-refractivity contribution in [2.75, 3.05) is 6.54 Å². The minimum atomic E-state index is -3.99. The van der Waals surface area contributed by atoms with Crippen LogP contribution in [0.4, 0.5) is 0 Å². The van der Waals surface area contributed by atoms with Gasteiger partial charge in [0.25, 0.3) is 10.1 Å². The van der Waals surface area contributed by atoms with Crippen LogP contribution in [0.25, 0.3) is 0 Å². The zero-order chi connectivity index (χ0) is 8.41. The first-order chi connectivity index (χ1) is 4.37. The summed E-state index contributed by atoms with van der Waals surface area (Å²) >= 11 is 0. The van der Waals surface area contributed by atoms with Gasteiger partial charge in [-0.15, -0.1) is 0 Å². The summed E-state index contributed by atoms with van der Waals surface area (Å²) in [6.07, 6.45) is 0.322. The molecular weight excluding hydrogens is 154 g/mol. The first-order valence-corrected chi connectivity index (χ1v) is 4.48. The van der Waals surface area contributed by atoms with Crippen molar-refractivity contribution in [3.63, 3.8) is 0 Å². The molecule has 0 rings (SSSR count). The summed E-state index contributed by atoms with van der Waals surface area (Å²) in [5.74, 6) is 0. The van der Waals surface area contributed by atoms with E-state index >= 15 is 0 Å². The van der Waals surface area contributed by atoms with Crippen LogP contribution >= 0.6 is 0 Å². The summed E-state index contributed by atoms with van der Waals surface area (Å²) in [5.41, 5.74) is 5.16. The number of hydrogen-bond donors (Lipinski definition) is 2. The average molecular weight is 167 g/mol. The number of rotatable bonds is 3. The van der Waals surface area contributed by atoms with Gasteiger partial charge in [0.2, 0.25) is 0 Å². The largest absolute Gasteiger partial charge is 0.329 e. The highest BCUT2D eigenvalue weighted by molar-refractivity contribution is 7.87. The molecule has 10 heavy (non-hydrogen) atoms. The Bertz CT molecular complexity index is 193. The van der Waals surface area contributed by atoms with Crippen LogP contribution in [-0.2, 0) is 10.1 Å². The van der Waals surface area contributed by atoms with Gasteiger partial charge < -0.3 is 5.73 Å². The molecule has 62 valence electrons. The SMILES string of the molecule is CCC(C)(CN)S(=O)(=O)O. The third-order valence-electron chi connectivity index (χ3n) is 1.80. The molecule has 0 aliphatic rings. The van der Waals surface area contributed by atoms with Crippen LogP contribution in [0, 0.1) is 0 Å². The molecule has 0 saturated carbocycles. The third kappa shape index (κ3) is 1.68. The van der Waals surface area contributed by atoms with Crippen molar-refractivity contribution in [1.82, 2.24) is 0 Å². The Hall–Kier alpha value is -0.130. The lowest BCUT2D eigenvalue weighted by Gasteiger charge is -2.21. The molecule has 5 heteroatoms. The first-order valence-electron chi connectivity index (χ1n) is 3.04. The molecule has 0 aromatic rings. The fourth-order valence-electron chi connectivity index (χ4n) is 0.432. The highest BCUT2D eigenvalue weighted by Crippen LogP contribution is 2.17. The van der Waals surface area contributed by atoms with E-state index in [-0.39, 0.29) is 6.54 Å². The van der Waals surface area contributed by atoms with Gasteiger partial charge in [0.15, 0.2) is 0 Å². The van der Waals surface area contributed by atoms with Gasteiger partial charge in [-0.2, -0.15) is 8.42 Å². The van der Waals surface area contributed by atoms with Gasteiger partial charge in [-0.25, -0.2) is 0 Å². The van der Waals surface area contributed by atoms with E-state index in [1.807, 2.05) is 0 Å². The van der Waals surface area contributed by atoms with E-state index in [2.05, 4.69) is 0 Å². The Morgan fingerprint density at radius 2 is 2.00 bits per heavy atom. The molecule has 0 saturated heterocycles. The highest BCUT2D eigenvalue weighted by Gasteiger charge is 2.34. The lowest BCUT2D eigenvalue weighted by Crippen LogP contribution is -2.41. The summed E-state index contributed by atoms with van der Waals surface area (Å²) in [6.45, 7) is 3.03. The molecule has 0 heterocycles. The van der Waals surface area contributed by atoms with Crippen molar-refractivity contribution in [3.05, 3.63) is 0 Å². The standard InChI is InChI=1S/C5H13NO3S/c1-3-5(2,4-6)10(7,8)9/h3-4,6H2,1-2H3,(H,7,8,9). The van der Waals surface area contributed by atoms with Gasteiger partial charge in [-0.3, -0.25) is 4.55 Å². The van der Waals surface area contributed by atoms with Crippen LogP contribution < -0.4 is 5.73 Å². The Balaban J connectivity index is 4.68. The van der Waals surface area contributed by atoms with Crippen molar-refractivity contribution in [1.29, 1.82) is 0 Å². The van der Waals surface area contributed by atoms with Gasteiger partial charge in [-0.1, -0.05) is 6.92 Å². The molecule has 0 amide bonds. The molecule has 0 aromatic carbocycles. The van der Waals surface area contributed by atoms with Crippen LogP contribution in [0.2, 0.25) is 0 Å². The minimum absolute atomic E-state index is 0.0532. The predicted molar refractivity (Wildman–Crippen MR) is 39.3 cm³/mol. The molecule has 1 unspecified atom stereocenters. The van der Waals surface area contributed by atoms with Crippen LogP contribution in [0.15, 0.2) is 0 Å². The van der Waals surface area contributed by atoms with Gasteiger partial charge in [0.1, 0.15) is 4.75 Å². The normalized spacial score (nSPS) is 18.4. The average Bonchev–Trinajstić information content (AvgIpc) is 1.84. The van der Waals surface area contributed by atoms with Crippen LogP contribution in [0.1, 0.15) is 20.3 Å². The Morgan fingerprint density at radius 1 is 1.60 bits per heavy atom. The van der Waals surface area contributed by atoms with Crippen molar-refractivity contribution in [2.45, 2.75) is 25.0 Å². The minimum Gasteiger partial charge on any atom is -0.329 e. The molecule has 3 N–H and O–H groups in total. The van der Waals surface area contributed by atoms with Gasteiger partial charge >= 0.3 is 0 Å². The van der Waals surface area contributed by atoms with E-state index in [0.717, 1.165) is 0 Å². The van der Waals surface area contributed by atoms with Crippen molar-refractivity contribution < 1.29 is 13.0 Å². The van der Waals surface area contributed by atoms with E-state index in [4.69, 9.17) is 10.3 Å². The number of nitrogens with two attached hydrogens (primary N) is 1. The quantitative estimate of drug-likeness (QED) is 0.580. The van der Waals surface area contributed by atoms with Crippen molar-refractivity contribution in [2.24, 2.45) is 5.73 Å². The maximum Gasteiger partial charge on any atom is 0.271 e. The van der Waals surface area contributed by atoms with E-state index in [0.29, 0.717) is 6.42 Å². The maximum absolute atomic E-state index is 10.6. The van der Waals surface area contributed by atoms with E-state index in [9.17, 15) is 8.42 Å². The molecule has 0 radical (unpaired) electrons. The van der Waals surface area contributed by atoms with E-state index in [1.54, 1.807) is 6.92 Å². The van der Waals surface area contributed by atoms with Gasteiger partial charge in [-0.05, 0) is 13.3 Å². The zero-order valence-electron chi connectivity index (χ0n) is 6.16. The molecule has 0 aliphatic carbocycles. The molecule has 0 aromatic heterocycles. The number of hydrogen-bond acceptors (Lipinski definition) is 3. The summed E-state index contributed by atoms with van der Waals surface area (Å²) in [4.78, 5) is 0. The highest BCUT2D eigenvalue weighted by atomic mass is 32.2. The summed E-state index contributed by atoms with van der Waals surface area (Å²) in [6, 6.07) is 0. The maximum atomic E-state index is 10.6. The third-order valence-corrected chi connectivity index (χ3v) is 3.50. The van der Waals surface area contributed by atoms with Gasteiger partial charge in [0, 0.05) is 6.54 Å². The van der Waals surface area contributed by atoms with Crippen LogP contribution in [0.5, 0.6) is 0 Å². The molecule has 0 aliphatic heterocycles. The predicted octanol–water partition coefficient (Wildman–Crippen LogP) is 0.00160. The second kappa shape index (κ2) is 2.86. The fraction of sp³-hybridized carbons (Fsp3) is 1.00. The molecule has 0 fully saturated rings. The Kier molecular flexibility index (Phi) is 2.82. The van der Waals surface area contributed by atoms with Crippen molar-refractivity contribution in [3.8, 4) is 0 Å². The van der Waals surface area contributed by atoms with Crippen LogP contribution in [0.3, 0.4) is 0 Å². The summed E-state index contributed by atoms with van der Waals surface area (Å²) < 4.78 is 28.6. The topological polar surface area (TPSA) is 80.4 Å². The van der Waals surface area contributed by atoms with Crippen molar-refractivity contribution >= 4 is 10.1 Å². The Labute approximate surface area is 61.2 Å². The fourth-order valence-corrected chi connectivity index (χ4v) is 1.01. The van der Waals surface area contributed by atoms with E-state index in [1.165, 1.54) is 6.92 Å². The summed E-state index contributed by atoms with van der Waals surface area (Å²) in [7, 11) is -3.99. The van der Waals surface area contributed by atoms with Crippen LogP contribution in [-0.4, -0.2) is 24.3 Å². The first kappa shape index (κ1) is 9.87. The second-order valence-electron chi connectivity index (χ2n) is 2.48. The lowest BCUT2D eigenvalue weighted by atomic mass is 10.1. The van der Waals surface area contributed by atoms with Gasteiger partial charge in [0.05, 0.1) is 0 Å². The Morgan fingerprint density at radius 3 is 2.00 bits per heavy atom.